The number of nitrogens with one attached hydrogen (secondary N) is 2. The van der Waals surface area contributed by atoms with Gasteiger partial charge in [0.1, 0.15) is 5.54 Å². The van der Waals surface area contributed by atoms with Crippen molar-refractivity contribution >= 4 is 29.4 Å². The van der Waals surface area contributed by atoms with Crippen molar-refractivity contribution in [3.05, 3.63) is 88.2 Å². The van der Waals surface area contributed by atoms with Gasteiger partial charge in [-0.25, -0.2) is 4.99 Å². The summed E-state index contributed by atoms with van der Waals surface area (Å²) >= 11 is 0. The number of ketones is 1. The van der Waals surface area contributed by atoms with Gasteiger partial charge in [-0.3, -0.25) is 9.79 Å². The Morgan fingerprint density at radius 1 is 0.971 bits per heavy atom. The van der Waals surface area contributed by atoms with Crippen LogP contribution in [0, 0.1) is 12.3 Å². The average molecular weight is 452 g/mol. The molecule has 2 atom stereocenters. The third kappa shape index (κ3) is 3.11. The minimum absolute atomic E-state index is 0.0688. The third-order valence-electron chi connectivity index (χ3n) is 6.77. The maximum atomic E-state index is 13.7. The van der Waals surface area contributed by atoms with E-state index in [1.54, 1.807) is 0 Å². The summed E-state index contributed by atoms with van der Waals surface area (Å²) < 4.78 is 5.69. The first-order chi connectivity index (χ1) is 16.2. The monoisotopic (exact) mass is 451 g/mol. The summed E-state index contributed by atoms with van der Waals surface area (Å²) in [6.45, 7) is 7.66. The molecule has 2 aromatic heterocycles. The van der Waals surface area contributed by atoms with E-state index in [1.165, 1.54) is 0 Å². The molecule has 0 aromatic carbocycles. The lowest BCUT2D eigenvalue weighted by molar-refractivity contribution is -0.126. The first-order valence-corrected chi connectivity index (χ1v) is 11.3. The number of carbonyl (C=O) groups is 1. The fourth-order valence-electron chi connectivity index (χ4n) is 4.99. The molecule has 6 rings (SSSR count). The van der Waals surface area contributed by atoms with Crippen molar-refractivity contribution in [2.24, 2.45) is 15.4 Å². The van der Waals surface area contributed by atoms with Gasteiger partial charge in [0.2, 0.25) is 0 Å². The minimum Gasteiger partial charge on any atom is -0.373 e. The first-order valence-electron chi connectivity index (χ1n) is 11.3. The van der Waals surface area contributed by atoms with Crippen molar-refractivity contribution in [2.45, 2.75) is 38.8 Å². The Bertz CT molecular complexity index is 1560. The SMILES string of the molecule is Cc1cc(C23C=CC(=N2)C=c2ccc([nH]2)=CC2=NC(=CC4(C)NC(=C3)C(C)(C)C4=O)C=C2)on1. The van der Waals surface area contributed by atoms with Crippen LogP contribution in [-0.4, -0.2) is 32.9 Å². The van der Waals surface area contributed by atoms with Crippen molar-refractivity contribution < 1.29 is 9.32 Å². The summed E-state index contributed by atoms with van der Waals surface area (Å²) in [6.07, 6.45) is 15.7. The van der Waals surface area contributed by atoms with Crippen LogP contribution < -0.4 is 16.0 Å². The molecular formula is C27H25N5O2. The van der Waals surface area contributed by atoms with Gasteiger partial charge in [0.15, 0.2) is 17.1 Å². The summed E-state index contributed by atoms with van der Waals surface area (Å²) in [5.41, 5.74) is 1.34. The lowest BCUT2D eigenvalue weighted by Gasteiger charge is -2.23. The van der Waals surface area contributed by atoms with Crippen LogP contribution in [0.2, 0.25) is 0 Å². The number of aliphatic imine (C=N–C) groups is 2. The van der Waals surface area contributed by atoms with Crippen molar-refractivity contribution in [1.82, 2.24) is 15.5 Å². The lowest BCUT2D eigenvalue weighted by Crippen LogP contribution is -2.41. The molecule has 7 nitrogen and oxygen atoms in total. The highest BCUT2D eigenvalue weighted by molar-refractivity contribution is 6.20. The van der Waals surface area contributed by atoms with E-state index in [4.69, 9.17) is 14.5 Å². The van der Waals surface area contributed by atoms with Gasteiger partial charge in [-0.2, -0.15) is 0 Å². The number of aromatic nitrogens is 2. The van der Waals surface area contributed by atoms with E-state index in [1.807, 2.05) is 94.5 Å². The van der Waals surface area contributed by atoms with E-state index < -0.39 is 16.5 Å². The largest absolute Gasteiger partial charge is 0.373 e. The van der Waals surface area contributed by atoms with Crippen LogP contribution in [0.5, 0.6) is 0 Å². The highest BCUT2D eigenvalue weighted by atomic mass is 16.5. The van der Waals surface area contributed by atoms with Gasteiger partial charge in [0.25, 0.3) is 0 Å². The zero-order valence-corrected chi connectivity index (χ0v) is 19.5. The minimum atomic E-state index is -0.914. The molecule has 170 valence electrons. The molecule has 6 heterocycles. The lowest BCUT2D eigenvalue weighted by atomic mass is 9.79. The van der Waals surface area contributed by atoms with Crippen LogP contribution in [0.1, 0.15) is 32.2 Å². The van der Waals surface area contributed by atoms with Gasteiger partial charge in [-0.15, -0.1) is 0 Å². The molecular weight excluding hydrogens is 426 g/mol. The number of aryl methyl sites for hydroxylation is 1. The quantitative estimate of drug-likeness (QED) is 0.697. The van der Waals surface area contributed by atoms with E-state index in [0.29, 0.717) is 5.76 Å². The maximum absolute atomic E-state index is 13.7. The molecule has 0 aliphatic carbocycles. The molecule has 0 radical (unpaired) electrons. The molecule has 0 spiro atoms. The Kier molecular flexibility index (Phi) is 4.09. The summed E-state index contributed by atoms with van der Waals surface area (Å²) in [5.74, 6) is 0.670. The van der Waals surface area contributed by atoms with Crippen LogP contribution in [0.15, 0.2) is 80.6 Å². The zero-order valence-electron chi connectivity index (χ0n) is 19.5. The van der Waals surface area contributed by atoms with Crippen LogP contribution in [0.4, 0.5) is 0 Å². The van der Waals surface area contributed by atoms with Crippen LogP contribution in [0.3, 0.4) is 0 Å². The average Bonchev–Trinajstić information content (AvgIpc) is 3.58. The number of carbonyl (C=O) groups excluding carboxylic acids is 1. The molecule has 34 heavy (non-hydrogen) atoms. The van der Waals surface area contributed by atoms with E-state index in [9.17, 15) is 4.79 Å². The summed E-state index contributed by atoms with van der Waals surface area (Å²) in [6, 6.07) is 5.91. The van der Waals surface area contributed by atoms with Crippen LogP contribution in [-0.2, 0) is 10.3 Å². The Morgan fingerprint density at radius 2 is 1.74 bits per heavy atom. The first kappa shape index (κ1) is 20.6. The maximum Gasteiger partial charge on any atom is 0.173 e. The highest BCUT2D eigenvalue weighted by Crippen LogP contribution is 2.44. The second kappa shape index (κ2) is 6.76. The normalized spacial score (nSPS) is 28.5. The van der Waals surface area contributed by atoms with Crippen molar-refractivity contribution in [3.8, 4) is 0 Å². The zero-order chi connectivity index (χ0) is 23.7. The predicted octanol–water partition coefficient (Wildman–Crippen LogP) is 2.53. The van der Waals surface area contributed by atoms with Gasteiger partial charge < -0.3 is 14.8 Å². The summed E-state index contributed by atoms with van der Waals surface area (Å²) in [5, 5.41) is 9.46. The molecule has 2 N–H and O–H groups in total. The van der Waals surface area contributed by atoms with Crippen LogP contribution in [0.25, 0.3) is 12.2 Å². The molecule has 0 saturated carbocycles. The molecule has 4 aliphatic rings. The smallest absolute Gasteiger partial charge is 0.173 e. The van der Waals surface area contributed by atoms with E-state index in [2.05, 4.69) is 15.5 Å². The van der Waals surface area contributed by atoms with Crippen LogP contribution >= 0.6 is 0 Å². The fraction of sp³-hybridized carbons (Fsp3) is 0.259. The number of hydrogen-bond acceptors (Lipinski definition) is 6. The second-order valence-electron chi connectivity index (χ2n) is 9.96. The molecule has 2 unspecified atom stereocenters. The van der Waals surface area contributed by atoms with Gasteiger partial charge >= 0.3 is 0 Å². The van der Waals surface area contributed by atoms with Crippen molar-refractivity contribution in [3.63, 3.8) is 0 Å². The van der Waals surface area contributed by atoms with Gasteiger partial charge in [0.05, 0.1) is 28.2 Å². The molecule has 0 amide bonds. The summed E-state index contributed by atoms with van der Waals surface area (Å²) in [7, 11) is 0. The second-order valence-corrected chi connectivity index (χ2v) is 9.96. The van der Waals surface area contributed by atoms with E-state index in [-0.39, 0.29) is 5.78 Å². The number of nitrogens with zero attached hydrogens (tertiary/aromatic N) is 3. The topological polar surface area (TPSA) is 95.6 Å². The Balaban J connectivity index is 1.63. The Morgan fingerprint density at radius 3 is 2.47 bits per heavy atom. The van der Waals surface area contributed by atoms with E-state index in [0.717, 1.165) is 39.2 Å². The van der Waals surface area contributed by atoms with Crippen molar-refractivity contribution in [2.75, 3.05) is 0 Å². The predicted molar refractivity (Wildman–Crippen MR) is 132 cm³/mol. The molecule has 8 bridgehead atoms. The summed E-state index contributed by atoms with van der Waals surface area (Å²) in [4.78, 5) is 26.8. The number of H-pyrrole nitrogens is 1. The number of fused-ring (bicyclic) bond motifs is 6. The number of aromatic amines is 1. The van der Waals surface area contributed by atoms with Gasteiger partial charge in [0, 0.05) is 22.5 Å². The number of hydrogen-bond donors (Lipinski definition) is 2. The number of Topliss-reactive ketones (excluding diaryl/α,β-unsaturated/α-hetero) is 1. The van der Waals surface area contributed by atoms with Gasteiger partial charge in [-0.1, -0.05) is 5.16 Å². The van der Waals surface area contributed by atoms with E-state index >= 15 is 0 Å². The molecule has 2 aromatic rings. The Labute approximate surface area is 196 Å². The molecule has 7 heteroatoms. The van der Waals surface area contributed by atoms with Crippen molar-refractivity contribution in [1.29, 1.82) is 0 Å². The fourth-order valence-corrected chi connectivity index (χ4v) is 4.99. The third-order valence-corrected chi connectivity index (χ3v) is 6.77. The molecule has 1 saturated heterocycles. The molecule has 4 aliphatic heterocycles. The standard InChI is InChI=1S/C27H25N5O2/c1-16-11-23(34-32-16)27-10-9-20(30-27)13-19-6-5-17(28-19)12-18-7-8-21(29-18)14-26(4)24(33)25(2,3)22(15-27)31-26/h5-15,28,31H,1-4H3. The van der Waals surface area contributed by atoms with Gasteiger partial charge in [-0.05, 0) is 88.4 Å². The highest BCUT2D eigenvalue weighted by Gasteiger charge is 2.52. The molecule has 1 fully saturated rings. The number of rotatable bonds is 1. The Hall–Kier alpha value is -4.00. The number of allylic oxidation sites excluding steroid dienone is 4.